The molecule has 0 unspecified atom stereocenters. The summed E-state index contributed by atoms with van der Waals surface area (Å²) in [5.41, 5.74) is 0. The molecule has 0 aliphatic carbocycles. The lowest BCUT2D eigenvalue weighted by atomic mass is 10.7. The van der Waals surface area contributed by atoms with Gasteiger partial charge in [-0.05, 0) is 6.72 Å². The highest BCUT2D eigenvalue weighted by Crippen LogP contribution is 1.60. The number of aliphatic imine (C=N–C) groups is 1. The van der Waals surface area contributed by atoms with Crippen molar-refractivity contribution in [1.82, 2.24) is 0 Å². The Balaban J connectivity index is -0.000000135. The smallest absolute Gasteiger partial charge is 0.325 e. The topological polar surface area (TPSA) is 124 Å². The van der Waals surface area contributed by atoms with Crippen molar-refractivity contribution >= 4 is 24.6 Å². The number of carboxylic acid groups (broad SMARTS) is 3. The van der Waals surface area contributed by atoms with Crippen LogP contribution in [0.3, 0.4) is 0 Å². The van der Waals surface area contributed by atoms with Gasteiger partial charge < -0.3 is 15.3 Å². The Morgan fingerprint density at radius 1 is 1.07 bits per heavy atom. The highest BCUT2D eigenvalue weighted by atomic mass is 16.4. The van der Waals surface area contributed by atoms with Gasteiger partial charge in [0.2, 0.25) is 0 Å². The average Bonchev–Trinajstić information content (AvgIpc) is 1.82. The van der Waals surface area contributed by atoms with Crippen LogP contribution in [-0.2, 0) is 14.4 Å². The van der Waals surface area contributed by atoms with Crippen LogP contribution < -0.4 is 0 Å². The van der Waals surface area contributed by atoms with Gasteiger partial charge in [0.1, 0.15) is 6.54 Å². The van der Waals surface area contributed by atoms with Gasteiger partial charge in [-0.1, -0.05) is 0 Å². The van der Waals surface area contributed by atoms with E-state index in [2.05, 4.69) is 11.7 Å². The molecule has 0 saturated carbocycles. The van der Waals surface area contributed by atoms with Crippen molar-refractivity contribution in [3.05, 3.63) is 0 Å². The fourth-order valence-electron chi connectivity index (χ4n) is 0.0956. The van der Waals surface area contributed by atoms with Gasteiger partial charge in [0.15, 0.2) is 0 Å². The minimum Gasteiger partial charge on any atom is -0.481 e. The molecule has 7 nitrogen and oxygen atoms in total. The number of hydrogen-bond acceptors (Lipinski definition) is 4. The summed E-state index contributed by atoms with van der Waals surface area (Å²) in [6.07, 6.45) is 0. The molecular weight excluding hydrogens is 194 g/mol. The van der Waals surface area contributed by atoms with Crippen molar-refractivity contribution in [1.29, 1.82) is 0 Å². The molecule has 0 radical (unpaired) electrons. The second-order valence-corrected chi connectivity index (χ2v) is 1.81. The Morgan fingerprint density at radius 3 is 1.29 bits per heavy atom. The fraction of sp³-hybridized carbons (Fsp3) is 0.429. The molecule has 0 aromatic rings. The summed E-state index contributed by atoms with van der Waals surface area (Å²) in [5, 5.41) is 22.6. The van der Waals surface area contributed by atoms with E-state index < -0.39 is 17.9 Å². The van der Waals surface area contributed by atoms with Gasteiger partial charge in [-0.25, -0.2) is 0 Å². The molecule has 0 heterocycles. The minimum absolute atomic E-state index is 0.194. The molecule has 3 N–H and O–H groups in total. The lowest BCUT2D eigenvalue weighted by Gasteiger charge is -1.75. The molecule has 7 heteroatoms. The number of aliphatic carboxylic acids is 3. The summed E-state index contributed by atoms with van der Waals surface area (Å²) in [7, 11) is 0. The molecule has 0 atom stereocenters. The monoisotopic (exact) mass is 207 g/mol. The van der Waals surface area contributed by atoms with Gasteiger partial charge >= 0.3 is 5.97 Å². The largest absolute Gasteiger partial charge is 0.481 e. The third-order valence-electron chi connectivity index (χ3n) is 0.247. The van der Waals surface area contributed by atoms with Gasteiger partial charge in [0.05, 0.1) is 0 Å². The maximum atomic E-state index is 9.47. The Morgan fingerprint density at radius 2 is 1.29 bits per heavy atom. The maximum Gasteiger partial charge on any atom is 0.325 e. The van der Waals surface area contributed by atoms with Crippen molar-refractivity contribution in [3.63, 3.8) is 0 Å². The van der Waals surface area contributed by atoms with Crippen molar-refractivity contribution in [3.8, 4) is 0 Å². The molecule has 0 bridgehead atoms. The van der Waals surface area contributed by atoms with E-state index in [1.54, 1.807) is 0 Å². The summed E-state index contributed by atoms with van der Waals surface area (Å²) in [6, 6.07) is 0. The standard InChI is InChI=1S/C3H5NO2.2C2H4O2/c1-4-2-3(5)6;2*1-2(3)4/h1-2H2,(H,5,6);2*1H3,(H,3,4). The van der Waals surface area contributed by atoms with Gasteiger partial charge in [-0.2, -0.15) is 0 Å². The van der Waals surface area contributed by atoms with Gasteiger partial charge in [0, 0.05) is 13.8 Å². The zero-order chi connectivity index (χ0) is 12.1. The van der Waals surface area contributed by atoms with Crippen molar-refractivity contribution < 1.29 is 29.7 Å². The third-order valence-corrected chi connectivity index (χ3v) is 0.247. The summed E-state index contributed by atoms with van der Waals surface area (Å²) >= 11 is 0. The minimum atomic E-state index is -0.940. The van der Waals surface area contributed by atoms with Crippen molar-refractivity contribution in [2.24, 2.45) is 4.99 Å². The molecule has 14 heavy (non-hydrogen) atoms. The van der Waals surface area contributed by atoms with E-state index in [1.807, 2.05) is 0 Å². The van der Waals surface area contributed by atoms with Gasteiger partial charge in [-0.3, -0.25) is 19.4 Å². The molecule has 0 fully saturated rings. The number of nitrogens with zero attached hydrogens (tertiary/aromatic N) is 1. The van der Waals surface area contributed by atoms with E-state index in [-0.39, 0.29) is 6.54 Å². The Labute approximate surface area is 80.7 Å². The van der Waals surface area contributed by atoms with Crippen molar-refractivity contribution in [2.45, 2.75) is 13.8 Å². The van der Waals surface area contributed by atoms with E-state index in [0.717, 1.165) is 13.8 Å². The molecule has 0 amide bonds. The molecule has 0 spiro atoms. The first-order valence-electron chi connectivity index (χ1n) is 3.27. The van der Waals surface area contributed by atoms with Crippen LogP contribution in [0.4, 0.5) is 0 Å². The average molecular weight is 207 g/mol. The van der Waals surface area contributed by atoms with Crippen LogP contribution in [0.5, 0.6) is 0 Å². The molecule has 0 aliphatic rings. The first kappa shape index (κ1) is 18.0. The molecule has 0 aromatic heterocycles. The zero-order valence-electron chi connectivity index (χ0n) is 7.93. The molecular formula is C7H13NO6. The van der Waals surface area contributed by atoms with E-state index in [1.165, 1.54) is 0 Å². The second-order valence-electron chi connectivity index (χ2n) is 1.81. The number of hydrogen-bond donors (Lipinski definition) is 3. The van der Waals surface area contributed by atoms with Gasteiger partial charge in [0.25, 0.3) is 11.9 Å². The summed E-state index contributed by atoms with van der Waals surface area (Å²) in [5.74, 6) is -2.61. The predicted molar refractivity (Wildman–Crippen MR) is 48.7 cm³/mol. The van der Waals surface area contributed by atoms with Crippen LogP contribution in [0.15, 0.2) is 4.99 Å². The zero-order valence-corrected chi connectivity index (χ0v) is 7.93. The maximum absolute atomic E-state index is 9.47. The van der Waals surface area contributed by atoms with Crippen LogP contribution in [-0.4, -0.2) is 46.5 Å². The molecule has 0 rings (SSSR count). The molecule has 0 aliphatic heterocycles. The number of rotatable bonds is 2. The first-order valence-corrected chi connectivity index (χ1v) is 3.27. The van der Waals surface area contributed by atoms with E-state index in [4.69, 9.17) is 24.9 Å². The lowest BCUT2D eigenvalue weighted by molar-refractivity contribution is -0.136. The Hall–Kier alpha value is -1.92. The van der Waals surface area contributed by atoms with Crippen LogP contribution in [0.2, 0.25) is 0 Å². The van der Waals surface area contributed by atoms with Gasteiger partial charge in [-0.15, -0.1) is 0 Å². The number of carboxylic acids is 3. The van der Waals surface area contributed by atoms with E-state index in [0.29, 0.717) is 0 Å². The molecule has 0 saturated heterocycles. The van der Waals surface area contributed by atoms with Crippen LogP contribution >= 0.6 is 0 Å². The first-order chi connectivity index (χ1) is 6.23. The van der Waals surface area contributed by atoms with Crippen LogP contribution in [0.25, 0.3) is 0 Å². The predicted octanol–water partition coefficient (Wildman–Crippen LogP) is -0.0466. The Kier molecular flexibility index (Phi) is 17.5. The quantitative estimate of drug-likeness (QED) is 0.545. The van der Waals surface area contributed by atoms with E-state index >= 15 is 0 Å². The lowest BCUT2D eigenvalue weighted by Crippen LogP contribution is -1.97. The van der Waals surface area contributed by atoms with Crippen LogP contribution in [0, 0.1) is 0 Å². The third kappa shape index (κ3) is 712. The second kappa shape index (κ2) is 13.7. The molecule has 0 aromatic carbocycles. The summed E-state index contributed by atoms with van der Waals surface area (Å²) in [6.45, 7) is 4.94. The van der Waals surface area contributed by atoms with Crippen molar-refractivity contribution in [2.75, 3.05) is 6.54 Å². The molecule has 82 valence electrons. The summed E-state index contributed by atoms with van der Waals surface area (Å²) < 4.78 is 0. The summed E-state index contributed by atoms with van der Waals surface area (Å²) in [4.78, 5) is 30.6. The Bertz CT molecular complexity index is 180. The van der Waals surface area contributed by atoms with E-state index in [9.17, 15) is 4.79 Å². The highest BCUT2D eigenvalue weighted by molar-refractivity contribution is 5.69. The number of carbonyl (C=O) groups is 3. The fourth-order valence-corrected chi connectivity index (χ4v) is 0.0956. The normalized spacial score (nSPS) is 6.71. The SMILES string of the molecule is C=NCC(=O)O.CC(=O)O.CC(=O)O. The van der Waals surface area contributed by atoms with Crippen LogP contribution in [0.1, 0.15) is 13.8 Å². The highest BCUT2D eigenvalue weighted by Gasteiger charge is 1.85.